The fourth-order valence-corrected chi connectivity index (χ4v) is 2.11. The maximum Gasteiger partial charge on any atom is 0.0410 e. The average Bonchev–Trinajstić information content (AvgIpc) is 2.19. The molecule has 1 aliphatic heterocycles. The molecule has 0 saturated carbocycles. The Labute approximate surface area is 89.9 Å². The van der Waals surface area contributed by atoms with Gasteiger partial charge in [-0.05, 0) is 30.7 Å². The average molecular weight is 211 g/mol. The van der Waals surface area contributed by atoms with Crippen LogP contribution in [0.2, 0.25) is 5.02 Å². The van der Waals surface area contributed by atoms with E-state index in [0.29, 0.717) is 0 Å². The summed E-state index contributed by atoms with van der Waals surface area (Å²) in [6, 6.07) is 6.10. The second kappa shape index (κ2) is 4.20. The number of rotatable bonds is 1. The van der Waals surface area contributed by atoms with E-state index in [0.717, 1.165) is 31.2 Å². The molecule has 0 spiro atoms. The molecule has 0 radical (unpaired) electrons. The van der Waals surface area contributed by atoms with Gasteiger partial charge in [0.25, 0.3) is 0 Å². The van der Waals surface area contributed by atoms with E-state index in [1.54, 1.807) is 0 Å². The normalized spacial score (nSPS) is 17.1. The lowest BCUT2D eigenvalue weighted by Crippen LogP contribution is -2.43. The van der Waals surface area contributed by atoms with Crippen molar-refractivity contribution < 1.29 is 0 Å². The van der Waals surface area contributed by atoms with Crippen LogP contribution in [-0.2, 0) is 0 Å². The minimum absolute atomic E-state index is 0.821. The summed E-state index contributed by atoms with van der Waals surface area (Å²) < 4.78 is 0. The Morgan fingerprint density at radius 1 is 1.29 bits per heavy atom. The van der Waals surface area contributed by atoms with Crippen LogP contribution in [0, 0.1) is 6.92 Å². The molecule has 1 aromatic rings. The van der Waals surface area contributed by atoms with Gasteiger partial charge in [0.05, 0.1) is 0 Å². The molecular formula is C11H15ClN2. The van der Waals surface area contributed by atoms with Crippen molar-refractivity contribution in [2.24, 2.45) is 0 Å². The van der Waals surface area contributed by atoms with E-state index in [1.807, 2.05) is 12.1 Å². The summed E-state index contributed by atoms with van der Waals surface area (Å²) >= 11 is 5.93. The maximum atomic E-state index is 5.93. The highest BCUT2D eigenvalue weighted by atomic mass is 35.5. The maximum absolute atomic E-state index is 5.93. The molecule has 3 heteroatoms. The molecule has 0 bridgehead atoms. The van der Waals surface area contributed by atoms with Crippen LogP contribution >= 0.6 is 11.6 Å². The van der Waals surface area contributed by atoms with Gasteiger partial charge in [0.2, 0.25) is 0 Å². The number of aryl methyl sites for hydroxylation is 1. The third-order valence-corrected chi connectivity index (χ3v) is 2.85. The van der Waals surface area contributed by atoms with Gasteiger partial charge in [-0.1, -0.05) is 11.6 Å². The molecule has 1 heterocycles. The summed E-state index contributed by atoms with van der Waals surface area (Å²) in [6.07, 6.45) is 0. The van der Waals surface area contributed by atoms with Crippen LogP contribution in [0.1, 0.15) is 5.56 Å². The first-order chi connectivity index (χ1) is 6.77. The first-order valence-electron chi connectivity index (χ1n) is 4.99. The number of halogens is 1. The van der Waals surface area contributed by atoms with E-state index >= 15 is 0 Å². The fourth-order valence-electron chi connectivity index (χ4n) is 1.88. The van der Waals surface area contributed by atoms with Crippen molar-refractivity contribution >= 4 is 17.3 Å². The van der Waals surface area contributed by atoms with Crippen LogP contribution in [0.5, 0.6) is 0 Å². The van der Waals surface area contributed by atoms with Crippen LogP contribution in [0.4, 0.5) is 5.69 Å². The molecule has 0 amide bonds. The van der Waals surface area contributed by atoms with Crippen molar-refractivity contribution in [2.45, 2.75) is 6.92 Å². The second-order valence-corrected chi connectivity index (χ2v) is 4.10. The number of nitrogens with zero attached hydrogens (tertiary/aromatic N) is 1. The van der Waals surface area contributed by atoms with Crippen LogP contribution in [0.25, 0.3) is 0 Å². The topological polar surface area (TPSA) is 15.3 Å². The first kappa shape index (κ1) is 9.81. The van der Waals surface area contributed by atoms with E-state index < -0.39 is 0 Å². The molecule has 1 aliphatic rings. The molecule has 0 aliphatic carbocycles. The predicted molar refractivity (Wildman–Crippen MR) is 61.3 cm³/mol. The molecule has 0 atom stereocenters. The van der Waals surface area contributed by atoms with E-state index in [-0.39, 0.29) is 0 Å². The van der Waals surface area contributed by atoms with Crippen LogP contribution in [-0.4, -0.2) is 26.2 Å². The van der Waals surface area contributed by atoms with Gasteiger partial charge in [0, 0.05) is 36.9 Å². The standard InChI is InChI=1S/C11H15ClN2/c1-9-8-10(12)2-3-11(9)14-6-4-13-5-7-14/h2-3,8,13H,4-7H2,1H3. The Kier molecular flexibility index (Phi) is 2.94. The summed E-state index contributed by atoms with van der Waals surface area (Å²) in [7, 11) is 0. The number of piperazine rings is 1. The largest absolute Gasteiger partial charge is 0.369 e. The molecule has 2 rings (SSSR count). The zero-order valence-electron chi connectivity index (χ0n) is 8.39. The number of nitrogens with one attached hydrogen (secondary N) is 1. The summed E-state index contributed by atoms with van der Waals surface area (Å²) in [4.78, 5) is 2.40. The smallest absolute Gasteiger partial charge is 0.0410 e. The second-order valence-electron chi connectivity index (χ2n) is 3.67. The molecule has 1 fully saturated rings. The molecule has 0 unspecified atom stereocenters. The van der Waals surface area contributed by atoms with Gasteiger partial charge in [-0.15, -0.1) is 0 Å². The van der Waals surface area contributed by atoms with Crippen molar-refractivity contribution in [3.8, 4) is 0 Å². The van der Waals surface area contributed by atoms with Gasteiger partial charge in [-0.2, -0.15) is 0 Å². The molecular weight excluding hydrogens is 196 g/mol. The Morgan fingerprint density at radius 3 is 2.64 bits per heavy atom. The highest BCUT2D eigenvalue weighted by Crippen LogP contribution is 2.23. The lowest BCUT2D eigenvalue weighted by atomic mass is 10.1. The minimum Gasteiger partial charge on any atom is -0.369 e. The summed E-state index contributed by atoms with van der Waals surface area (Å²) in [6.45, 7) is 6.43. The van der Waals surface area contributed by atoms with Gasteiger partial charge in [-0.25, -0.2) is 0 Å². The predicted octanol–water partition coefficient (Wildman–Crippen LogP) is 2.06. The summed E-state index contributed by atoms with van der Waals surface area (Å²) in [5.74, 6) is 0. The molecule has 2 nitrogen and oxygen atoms in total. The third kappa shape index (κ3) is 2.02. The number of hydrogen-bond acceptors (Lipinski definition) is 2. The Balaban J connectivity index is 2.22. The number of hydrogen-bond donors (Lipinski definition) is 1. The van der Waals surface area contributed by atoms with Crippen molar-refractivity contribution in [1.82, 2.24) is 5.32 Å². The molecule has 76 valence electrons. The van der Waals surface area contributed by atoms with Crippen molar-refractivity contribution in [2.75, 3.05) is 31.1 Å². The SMILES string of the molecule is Cc1cc(Cl)ccc1N1CCNCC1. The highest BCUT2D eigenvalue weighted by Gasteiger charge is 2.11. The van der Waals surface area contributed by atoms with Gasteiger partial charge in [0.1, 0.15) is 0 Å². The van der Waals surface area contributed by atoms with Crippen LogP contribution < -0.4 is 10.2 Å². The lowest BCUT2D eigenvalue weighted by molar-refractivity contribution is 0.588. The summed E-state index contributed by atoms with van der Waals surface area (Å²) in [5, 5.41) is 4.17. The number of anilines is 1. The molecule has 1 N–H and O–H groups in total. The number of benzene rings is 1. The zero-order chi connectivity index (χ0) is 9.97. The zero-order valence-corrected chi connectivity index (χ0v) is 9.14. The third-order valence-electron chi connectivity index (χ3n) is 2.62. The van der Waals surface area contributed by atoms with Crippen molar-refractivity contribution in [3.05, 3.63) is 28.8 Å². The first-order valence-corrected chi connectivity index (χ1v) is 5.37. The van der Waals surface area contributed by atoms with Gasteiger partial charge < -0.3 is 10.2 Å². The molecule has 1 aromatic carbocycles. The molecule has 14 heavy (non-hydrogen) atoms. The Morgan fingerprint density at radius 2 is 2.00 bits per heavy atom. The van der Waals surface area contributed by atoms with Crippen LogP contribution in [0.15, 0.2) is 18.2 Å². The van der Waals surface area contributed by atoms with Crippen molar-refractivity contribution in [1.29, 1.82) is 0 Å². The van der Waals surface area contributed by atoms with Gasteiger partial charge in [-0.3, -0.25) is 0 Å². The molecule has 1 saturated heterocycles. The molecule has 0 aromatic heterocycles. The van der Waals surface area contributed by atoms with Gasteiger partial charge in [0.15, 0.2) is 0 Å². The van der Waals surface area contributed by atoms with Crippen molar-refractivity contribution in [3.63, 3.8) is 0 Å². The summed E-state index contributed by atoms with van der Waals surface area (Å²) in [5.41, 5.74) is 2.58. The monoisotopic (exact) mass is 210 g/mol. The minimum atomic E-state index is 0.821. The van der Waals surface area contributed by atoms with E-state index in [1.165, 1.54) is 11.3 Å². The van der Waals surface area contributed by atoms with Crippen LogP contribution in [0.3, 0.4) is 0 Å². The Bertz CT molecular complexity index is 319. The lowest BCUT2D eigenvalue weighted by Gasteiger charge is -2.30. The van der Waals surface area contributed by atoms with E-state index in [4.69, 9.17) is 11.6 Å². The fraction of sp³-hybridized carbons (Fsp3) is 0.455. The van der Waals surface area contributed by atoms with E-state index in [9.17, 15) is 0 Å². The van der Waals surface area contributed by atoms with Gasteiger partial charge >= 0.3 is 0 Å². The van der Waals surface area contributed by atoms with E-state index in [2.05, 4.69) is 23.2 Å². The highest BCUT2D eigenvalue weighted by molar-refractivity contribution is 6.30. The quantitative estimate of drug-likeness (QED) is 0.764. The Hall–Kier alpha value is -0.730.